The Morgan fingerprint density at radius 2 is 1.32 bits per heavy atom. The summed E-state index contributed by atoms with van der Waals surface area (Å²) in [5.41, 5.74) is 3.29. The fourth-order valence-electron chi connectivity index (χ4n) is 3.28. The highest BCUT2D eigenvalue weighted by molar-refractivity contribution is 5.82. The molecule has 4 heteroatoms. The smallest absolute Gasteiger partial charge is 0.127 e. The molecule has 4 rings (SSSR count). The van der Waals surface area contributed by atoms with Crippen molar-refractivity contribution in [3.05, 3.63) is 78.4 Å². The molecule has 0 saturated carbocycles. The van der Waals surface area contributed by atoms with Crippen molar-refractivity contribution in [1.29, 1.82) is 0 Å². The van der Waals surface area contributed by atoms with E-state index in [1.54, 1.807) is 7.11 Å². The quantitative estimate of drug-likeness (QED) is 0.510. The molecule has 3 aromatic rings. The summed E-state index contributed by atoms with van der Waals surface area (Å²) in [6.45, 7) is 2.33. The monoisotopic (exact) mass is 372 g/mol. The Morgan fingerprint density at radius 3 is 1.93 bits per heavy atom. The molecule has 4 nitrogen and oxygen atoms in total. The highest BCUT2D eigenvalue weighted by atomic mass is 16.5. The molecule has 0 bridgehead atoms. The molecule has 0 aliphatic carbocycles. The van der Waals surface area contributed by atoms with Gasteiger partial charge in [-0.3, -0.25) is 4.99 Å². The lowest BCUT2D eigenvalue weighted by Crippen LogP contribution is -2.17. The highest BCUT2D eigenvalue weighted by Crippen LogP contribution is 2.26. The van der Waals surface area contributed by atoms with E-state index in [1.165, 1.54) is 31.6 Å². The molecule has 0 radical (unpaired) electrons. The van der Waals surface area contributed by atoms with Crippen molar-refractivity contribution >= 4 is 17.6 Å². The van der Waals surface area contributed by atoms with Crippen LogP contribution in [0.2, 0.25) is 0 Å². The summed E-state index contributed by atoms with van der Waals surface area (Å²) >= 11 is 0. The molecule has 1 aliphatic rings. The summed E-state index contributed by atoms with van der Waals surface area (Å²) < 4.78 is 11.0. The lowest BCUT2D eigenvalue weighted by atomic mass is 10.2. The molecule has 3 aromatic carbocycles. The molecule has 142 valence electrons. The number of hydrogen-bond donors (Lipinski definition) is 0. The molecule has 0 atom stereocenters. The lowest BCUT2D eigenvalue weighted by molar-refractivity contribution is 0.413. The van der Waals surface area contributed by atoms with Gasteiger partial charge in [0, 0.05) is 25.0 Å². The summed E-state index contributed by atoms with van der Waals surface area (Å²) in [5.74, 6) is 2.36. The van der Waals surface area contributed by atoms with Crippen molar-refractivity contribution in [1.82, 2.24) is 0 Å². The minimum Gasteiger partial charge on any atom is -0.497 e. The molecular formula is C24H24N2O2. The normalized spacial score (nSPS) is 13.8. The molecule has 1 heterocycles. The van der Waals surface area contributed by atoms with Crippen LogP contribution in [0.5, 0.6) is 17.2 Å². The summed E-state index contributed by atoms with van der Waals surface area (Å²) in [7, 11) is 1.65. The summed E-state index contributed by atoms with van der Waals surface area (Å²) in [6.07, 6.45) is 4.48. The van der Waals surface area contributed by atoms with Gasteiger partial charge >= 0.3 is 0 Å². The Hall–Kier alpha value is -3.27. The predicted octanol–water partition coefficient (Wildman–Crippen LogP) is 5.84. The Balaban J connectivity index is 1.36. The maximum atomic E-state index is 5.85. The summed E-state index contributed by atoms with van der Waals surface area (Å²) in [5, 5.41) is 0. The van der Waals surface area contributed by atoms with Crippen LogP contribution in [0.4, 0.5) is 11.4 Å². The maximum absolute atomic E-state index is 5.85. The number of benzene rings is 3. The third-order valence-electron chi connectivity index (χ3n) is 4.86. The minimum absolute atomic E-state index is 0.773. The van der Waals surface area contributed by atoms with E-state index in [4.69, 9.17) is 9.47 Å². The van der Waals surface area contributed by atoms with Crippen LogP contribution >= 0.6 is 0 Å². The molecule has 0 N–H and O–H groups in total. The average Bonchev–Trinajstić information content (AvgIpc) is 3.29. The Labute approximate surface area is 166 Å². The van der Waals surface area contributed by atoms with E-state index < -0.39 is 0 Å². The predicted molar refractivity (Wildman–Crippen MR) is 115 cm³/mol. The fourth-order valence-corrected chi connectivity index (χ4v) is 3.28. The van der Waals surface area contributed by atoms with Gasteiger partial charge in [-0.05, 0) is 79.1 Å². The van der Waals surface area contributed by atoms with Crippen LogP contribution in [0.3, 0.4) is 0 Å². The van der Waals surface area contributed by atoms with E-state index in [1.807, 2.05) is 54.7 Å². The van der Waals surface area contributed by atoms with Gasteiger partial charge in [0.15, 0.2) is 0 Å². The summed E-state index contributed by atoms with van der Waals surface area (Å²) in [6, 6.07) is 23.9. The fraction of sp³-hybridized carbons (Fsp3) is 0.208. The second-order valence-corrected chi connectivity index (χ2v) is 6.82. The van der Waals surface area contributed by atoms with Crippen LogP contribution in [0, 0.1) is 0 Å². The van der Waals surface area contributed by atoms with E-state index in [9.17, 15) is 0 Å². The van der Waals surface area contributed by atoms with Gasteiger partial charge in [0.05, 0.1) is 12.8 Å². The zero-order valence-corrected chi connectivity index (χ0v) is 16.0. The van der Waals surface area contributed by atoms with Crippen molar-refractivity contribution in [3.8, 4) is 17.2 Å². The van der Waals surface area contributed by atoms with Crippen molar-refractivity contribution in [2.75, 3.05) is 25.1 Å². The molecule has 1 saturated heterocycles. The van der Waals surface area contributed by atoms with E-state index in [2.05, 4.69) is 34.2 Å². The van der Waals surface area contributed by atoms with Gasteiger partial charge in [-0.1, -0.05) is 12.1 Å². The number of aliphatic imine (C=N–C) groups is 1. The first-order valence-corrected chi connectivity index (χ1v) is 9.61. The number of anilines is 1. The van der Waals surface area contributed by atoms with E-state index in [0.717, 1.165) is 28.5 Å². The second kappa shape index (κ2) is 8.61. The topological polar surface area (TPSA) is 34.1 Å². The van der Waals surface area contributed by atoms with Crippen LogP contribution in [-0.4, -0.2) is 26.4 Å². The van der Waals surface area contributed by atoms with Gasteiger partial charge in [0.1, 0.15) is 17.2 Å². The third-order valence-corrected chi connectivity index (χ3v) is 4.86. The van der Waals surface area contributed by atoms with Crippen molar-refractivity contribution in [2.24, 2.45) is 4.99 Å². The van der Waals surface area contributed by atoms with Gasteiger partial charge in [-0.15, -0.1) is 0 Å². The minimum atomic E-state index is 0.773. The number of rotatable bonds is 6. The standard InChI is InChI=1S/C24H24N2O2/c1-27-22-12-14-24(15-13-22)28-23-10-6-20(7-11-23)25-18-19-4-8-21(9-5-19)26-16-2-3-17-26/h4-15,18H,2-3,16-17H2,1H3. The van der Waals surface area contributed by atoms with Gasteiger partial charge in [0.25, 0.3) is 0 Å². The van der Waals surface area contributed by atoms with Crippen molar-refractivity contribution < 1.29 is 9.47 Å². The van der Waals surface area contributed by atoms with Crippen molar-refractivity contribution in [2.45, 2.75) is 12.8 Å². The Morgan fingerprint density at radius 1 is 0.750 bits per heavy atom. The van der Waals surface area contributed by atoms with Crippen LogP contribution in [-0.2, 0) is 0 Å². The summed E-state index contributed by atoms with van der Waals surface area (Å²) in [4.78, 5) is 7.00. The zero-order chi connectivity index (χ0) is 19.2. The molecule has 0 amide bonds. The SMILES string of the molecule is COc1ccc(Oc2ccc(N=Cc3ccc(N4CCCC4)cc3)cc2)cc1. The first kappa shape index (κ1) is 18.1. The molecular weight excluding hydrogens is 348 g/mol. The van der Waals surface area contributed by atoms with Crippen LogP contribution in [0.15, 0.2) is 77.8 Å². The van der Waals surface area contributed by atoms with E-state index in [0.29, 0.717) is 0 Å². The third kappa shape index (κ3) is 4.52. The Kier molecular flexibility index (Phi) is 5.57. The Bertz CT molecular complexity index is 910. The highest BCUT2D eigenvalue weighted by Gasteiger charge is 2.11. The number of nitrogens with zero attached hydrogens (tertiary/aromatic N) is 2. The van der Waals surface area contributed by atoms with Crippen LogP contribution in [0.25, 0.3) is 0 Å². The molecule has 1 fully saturated rings. The number of hydrogen-bond acceptors (Lipinski definition) is 4. The van der Waals surface area contributed by atoms with Gasteiger partial charge < -0.3 is 14.4 Å². The van der Waals surface area contributed by atoms with E-state index >= 15 is 0 Å². The van der Waals surface area contributed by atoms with Crippen molar-refractivity contribution in [3.63, 3.8) is 0 Å². The van der Waals surface area contributed by atoms with Crippen LogP contribution < -0.4 is 14.4 Å². The maximum Gasteiger partial charge on any atom is 0.127 e. The molecule has 0 unspecified atom stereocenters. The van der Waals surface area contributed by atoms with E-state index in [-0.39, 0.29) is 0 Å². The van der Waals surface area contributed by atoms with Gasteiger partial charge in [-0.25, -0.2) is 0 Å². The largest absolute Gasteiger partial charge is 0.497 e. The number of methoxy groups -OCH3 is 1. The molecule has 28 heavy (non-hydrogen) atoms. The molecule has 0 spiro atoms. The molecule has 0 aromatic heterocycles. The lowest BCUT2D eigenvalue weighted by Gasteiger charge is -2.17. The van der Waals surface area contributed by atoms with Gasteiger partial charge in [0.2, 0.25) is 0 Å². The molecule has 1 aliphatic heterocycles. The van der Waals surface area contributed by atoms with Crippen LogP contribution in [0.1, 0.15) is 18.4 Å². The zero-order valence-electron chi connectivity index (χ0n) is 16.0. The number of ether oxygens (including phenoxy) is 2. The first-order chi connectivity index (χ1) is 13.8. The first-order valence-electron chi connectivity index (χ1n) is 9.61. The average molecular weight is 372 g/mol. The second-order valence-electron chi connectivity index (χ2n) is 6.82. The van der Waals surface area contributed by atoms with Gasteiger partial charge in [-0.2, -0.15) is 0 Å².